The van der Waals surface area contributed by atoms with Crippen molar-refractivity contribution >= 4 is 23.4 Å². The van der Waals surface area contributed by atoms with E-state index >= 15 is 0 Å². The molecule has 3 amide bonds. The molecule has 3 atom stereocenters. The number of benzene rings is 1. The summed E-state index contributed by atoms with van der Waals surface area (Å²) in [7, 11) is 0. The van der Waals surface area contributed by atoms with Gasteiger partial charge < -0.3 is 20.6 Å². The van der Waals surface area contributed by atoms with Gasteiger partial charge >= 0.3 is 6.18 Å². The molecule has 9 nitrogen and oxygen atoms in total. The maximum Gasteiger partial charge on any atom is 0.408 e. The number of aliphatic hydroxyl groups excluding tert-OH is 1. The van der Waals surface area contributed by atoms with Crippen molar-refractivity contribution in [1.29, 1.82) is 0 Å². The van der Waals surface area contributed by atoms with Crippen LogP contribution in [-0.2, 0) is 9.59 Å². The summed E-state index contributed by atoms with van der Waals surface area (Å²) in [5, 5.41) is 18.5. The standard InChI is InChI=1S/C24H29F4N5O4/c1-12(2)33-19(5-6-30-33)22(36)29-10-21(35)31-18-7-13(3)16(9-17(18)25)14(4)23(37)32-11-15(34)8-20(32)24(26,27)28/h5-7,9,12,14-15,20,34H,8,10-11H2,1-4H3,(H,29,36)(H,31,35). The number of nitrogens with one attached hydrogen (secondary N) is 2. The van der Waals surface area contributed by atoms with Crippen LogP contribution >= 0.6 is 0 Å². The van der Waals surface area contributed by atoms with E-state index in [-0.39, 0.29) is 23.0 Å². The lowest BCUT2D eigenvalue weighted by molar-refractivity contribution is -0.183. The molecule has 2 heterocycles. The van der Waals surface area contributed by atoms with Crippen LogP contribution in [0.15, 0.2) is 24.4 Å². The summed E-state index contributed by atoms with van der Waals surface area (Å²) in [6, 6.07) is 1.56. The maximum absolute atomic E-state index is 14.8. The fraction of sp³-hybridized carbons (Fsp3) is 0.500. The van der Waals surface area contributed by atoms with E-state index in [1.54, 1.807) is 0 Å². The van der Waals surface area contributed by atoms with Crippen molar-refractivity contribution in [2.24, 2.45) is 0 Å². The van der Waals surface area contributed by atoms with Crippen LogP contribution in [0.5, 0.6) is 0 Å². The van der Waals surface area contributed by atoms with Crippen molar-refractivity contribution in [3.63, 3.8) is 0 Å². The number of anilines is 1. The van der Waals surface area contributed by atoms with E-state index in [0.29, 0.717) is 10.5 Å². The third-order valence-corrected chi connectivity index (χ3v) is 6.21. The minimum atomic E-state index is -4.70. The van der Waals surface area contributed by atoms with Gasteiger partial charge in [0, 0.05) is 25.2 Å². The molecule has 1 aromatic carbocycles. The van der Waals surface area contributed by atoms with Crippen molar-refractivity contribution < 1.29 is 37.1 Å². The van der Waals surface area contributed by atoms with E-state index in [9.17, 15) is 37.1 Å². The lowest BCUT2D eigenvalue weighted by atomic mass is 9.94. The second kappa shape index (κ2) is 10.9. The molecule has 0 aliphatic carbocycles. The Labute approximate surface area is 210 Å². The zero-order valence-corrected chi connectivity index (χ0v) is 20.8. The quantitative estimate of drug-likeness (QED) is 0.479. The van der Waals surface area contributed by atoms with Gasteiger partial charge in [-0.25, -0.2) is 4.39 Å². The zero-order chi connectivity index (χ0) is 27.7. The number of carbonyl (C=O) groups excluding carboxylic acids is 3. The molecule has 1 saturated heterocycles. The summed E-state index contributed by atoms with van der Waals surface area (Å²) in [6.07, 6.45) is -5.17. The van der Waals surface area contributed by atoms with E-state index in [2.05, 4.69) is 15.7 Å². The molecular formula is C24H29F4N5O4. The Bertz CT molecular complexity index is 1180. The Hall–Kier alpha value is -3.48. The lowest BCUT2D eigenvalue weighted by Crippen LogP contribution is -2.46. The normalized spacial score (nSPS) is 18.7. The Kier molecular flexibility index (Phi) is 8.25. The fourth-order valence-corrected chi connectivity index (χ4v) is 4.36. The predicted molar refractivity (Wildman–Crippen MR) is 125 cm³/mol. The topological polar surface area (TPSA) is 117 Å². The van der Waals surface area contributed by atoms with Gasteiger partial charge in [0.05, 0.1) is 24.3 Å². The molecule has 0 bridgehead atoms. The monoisotopic (exact) mass is 527 g/mol. The highest BCUT2D eigenvalue weighted by Gasteiger charge is 2.51. The molecule has 3 N–H and O–H groups in total. The Morgan fingerprint density at radius 3 is 2.51 bits per heavy atom. The molecule has 3 unspecified atom stereocenters. The van der Waals surface area contributed by atoms with Gasteiger partial charge in [0.1, 0.15) is 17.6 Å². The molecule has 0 spiro atoms. The number of aliphatic hydroxyl groups is 1. The molecule has 0 radical (unpaired) electrons. The number of hydrogen-bond donors (Lipinski definition) is 3. The third-order valence-electron chi connectivity index (χ3n) is 6.21. The highest BCUT2D eigenvalue weighted by molar-refractivity contribution is 5.98. The van der Waals surface area contributed by atoms with Gasteiger partial charge in [-0.15, -0.1) is 0 Å². The summed E-state index contributed by atoms with van der Waals surface area (Å²) < 4.78 is 56.3. The minimum Gasteiger partial charge on any atom is -0.391 e. The highest BCUT2D eigenvalue weighted by Crippen LogP contribution is 2.36. The first-order valence-corrected chi connectivity index (χ1v) is 11.7. The number of β-amino-alcohol motifs (C(OH)–C–C–N with tert-alkyl or cyclic N) is 1. The number of alkyl halides is 3. The number of rotatable bonds is 7. The van der Waals surface area contributed by atoms with Crippen LogP contribution in [0.4, 0.5) is 23.2 Å². The second-order valence-corrected chi connectivity index (χ2v) is 9.33. The molecule has 2 aromatic rings. The number of amides is 3. The number of carbonyl (C=O) groups is 3. The van der Waals surface area contributed by atoms with Crippen LogP contribution in [0, 0.1) is 12.7 Å². The third kappa shape index (κ3) is 6.27. The van der Waals surface area contributed by atoms with Gasteiger partial charge in [0.2, 0.25) is 11.8 Å². The summed E-state index contributed by atoms with van der Waals surface area (Å²) in [4.78, 5) is 38.1. The minimum absolute atomic E-state index is 0.0793. The Morgan fingerprint density at radius 2 is 1.89 bits per heavy atom. The molecule has 1 aliphatic rings. The molecule has 37 heavy (non-hydrogen) atoms. The molecule has 202 valence electrons. The van der Waals surface area contributed by atoms with Crippen molar-refractivity contribution in [2.75, 3.05) is 18.4 Å². The van der Waals surface area contributed by atoms with Crippen LogP contribution < -0.4 is 10.6 Å². The van der Waals surface area contributed by atoms with Gasteiger partial charge in [0.15, 0.2) is 0 Å². The summed E-state index contributed by atoms with van der Waals surface area (Å²) in [6.45, 7) is 5.65. The van der Waals surface area contributed by atoms with Gasteiger partial charge in [-0.2, -0.15) is 18.3 Å². The number of aromatic nitrogens is 2. The average Bonchev–Trinajstić information content (AvgIpc) is 3.46. The molecule has 1 fully saturated rings. The molecule has 0 saturated carbocycles. The lowest BCUT2D eigenvalue weighted by Gasteiger charge is -2.29. The van der Waals surface area contributed by atoms with Crippen LogP contribution in [-0.4, -0.2) is 68.9 Å². The molecular weight excluding hydrogens is 498 g/mol. The number of nitrogens with zero attached hydrogens (tertiary/aromatic N) is 3. The SMILES string of the molecule is Cc1cc(NC(=O)CNC(=O)c2ccnn2C(C)C)c(F)cc1C(C)C(=O)N1CC(O)CC1C(F)(F)F. The molecule has 3 rings (SSSR count). The van der Waals surface area contributed by atoms with Crippen molar-refractivity contribution in [3.05, 3.63) is 47.0 Å². The largest absolute Gasteiger partial charge is 0.408 e. The predicted octanol–water partition coefficient (Wildman–Crippen LogP) is 2.91. The zero-order valence-electron chi connectivity index (χ0n) is 20.8. The fourth-order valence-electron chi connectivity index (χ4n) is 4.36. The van der Waals surface area contributed by atoms with Crippen LogP contribution in [0.2, 0.25) is 0 Å². The number of halogens is 4. The number of aryl methyl sites for hydroxylation is 1. The van der Waals surface area contributed by atoms with Crippen molar-refractivity contribution in [2.45, 2.75) is 64.4 Å². The van der Waals surface area contributed by atoms with Crippen LogP contribution in [0.1, 0.15) is 60.8 Å². The average molecular weight is 528 g/mol. The van der Waals surface area contributed by atoms with E-state index < -0.39 is 67.3 Å². The number of hydrogen-bond acceptors (Lipinski definition) is 5. The summed E-state index contributed by atoms with van der Waals surface area (Å²) in [5.41, 5.74) is 0.562. The summed E-state index contributed by atoms with van der Waals surface area (Å²) >= 11 is 0. The van der Waals surface area contributed by atoms with Crippen molar-refractivity contribution in [1.82, 2.24) is 20.0 Å². The highest BCUT2D eigenvalue weighted by atomic mass is 19.4. The van der Waals surface area contributed by atoms with E-state index in [0.717, 1.165) is 6.07 Å². The maximum atomic E-state index is 14.8. The number of likely N-dealkylation sites (tertiary alicyclic amines) is 1. The molecule has 1 aliphatic heterocycles. The van der Waals surface area contributed by atoms with E-state index in [1.165, 1.54) is 36.9 Å². The van der Waals surface area contributed by atoms with Gasteiger partial charge in [-0.05, 0) is 57.0 Å². The van der Waals surface area contributed by atoms with E-state index in [4.69, 9.17) is 0 Å². The van der Waals surface area contributed by atoms with Crippen LogP contribution in [0.3, 0.4) is 0 Å². The molecule has 13 heteroatoms. The first-order valence-electron chi connectivity index (χ1n) is 11.7. The van der Waals surface area contributed by atoms with Crippen molar-refractivity contribution in [3.8, 4) is 0 Å². The Balaban J connectivity index is 1.67. The molecule has 1 aromatic heterocycles. The van der Waals surface area contributed by atoms with E-state index in [1.807, 2.05) is 13.8 Å². The smallest absolute Gasteiger partial charge is 0.391 e. The second-order valence-electron chi connectivity index (χ2n) is 9.33. The summed E-state index contributed by atoms with van der Waals surface area (Å²) in [5.74, 6) is -4.16. The van der Waals surface area contributed by atoms with Gasteiger partial charge in [-0.1, -0.05) is 0 Å². The first-order chi connectivity index (χ1) is 17.2. The van der Waals surface area contributed by atoms with Gasteiger partial charge in [-0.3, -0.25) is 19.1 Å². The first kappa shape index (κ1) is 28.1. The Morgan fingerprint density at radius 1 is 1.22 bits per heavy atom. The van der Waals surface area contributed by atoms with Crippen LogP contribution in [0.25, 0.3) is 0 Å². The van der Waals surface area contributed by atoms with Gasteiger partial charge in [0.25, 0.3) is 5.91 Å².